The van der Waals surface area contributed by atoms with Crippen LogP contribution in [0.3, 0.4) is 0 Å². The Kier molecular flexibility index (Phi) is 2.24. The van der Waals surface area contributed by atoms with Gasteiger partial charge in [-0.2, -0.15) is 0 Å². The average molecular weight is 159 g/mol. The molecule has 0 saturated heterocycles. The van der Waals surface area contributed by atoms with E-state index in [1.807, 2.05) is 5.38 Å². The van der Waals surface area contributed by atoms with E-state index in [0.29, 0.717) is 6.42 Å². The molecule has 1 rings (SSSR count). The second-order valence-electron chi connectivity index (χ2n) is 1.55. The maximum absolute atomic E-state index is 10.3. The van der Waals surface area contributed by atoms with Gasteiger partial charge in [0.05, 0.1) is 17.6 Å². The summed E-state index contributed by atoms with van der Waals surface area (Å²) in [7, 11) is 0. The number of carbonyl (C=O) groups is 1. The summed E-state index contributed by atoms with van der Waals surface area (Å²) in [5.74, 6) is 0. The minimum absolute atomic E-state index is 0.138. The predicted molar refractivity (Wildman–Crippen MR) is 39.8 cm³/mol. The topological polar surface area (TPSA) is 30.0 Å². The molecule has 0 atom stereocenters. The van der Waals surface area contributed by atoms with Crippen LogP contribution >= 0.6 is 24.0 Å². The van der Waals surface area contributed by atoms with Crippen LogP contribution in [0.1, 0.15) is 5.69 Å². The Bertz CT molecular complexity index is 195. The van der Waals surface area contributed by atoms with E-state index < -0.39 is 0 Å². The van der Waals surface area contributed by atoms with Crippen LogP contribution in [0.4, 0.5) is 0 Å². The fourth-order valence-corrected chi connectivity index (χ4v) is 1.20. The van der Waals surface area contributed by atoms with Crippen LogP contribution < -0.4 is 0 Å². The lowest BCUT2D eigenvalue weighted by Crippen LogP contribution is -1.92. The summed E-state index contributed by atoms with van der Waals surface area (Å²) in [6.45, 7) is 0. The van der Waals surface area contributed by atoms with E-state index in [-0.39, 0.29) is 5.12 Å². The van der Waals surface area contributed by atoms with Crippen molar-refractivity contribution in [1.29, 1.82) is 0 Å². The molecule has 0 saturated carbocycles. The van der Waals surface area contributed by atoms with E-state index in [9.17, 15) is 4.79 Å². The molecule has 4 heteroatoms. The molecule has 0 spiro atoms. The SMILES string of the molecule is O=C(S)Cc1cscn1. The Morgan fingerprint density at radius 2 is 2.67 bits per heavy atom. The zero-order chi connectivity index (χ0) is 6.69. The smallest absolute Gasteiger partial charge is 0.191 e. The number of hydrogen-bond donors (Lipinski definition) is 1. The van der Waals surface area contributed by atoms with Gasteiger partial charge in [-0.1, -0.05) is 0 Å². The van der Waals surface area contributed by atoms with Gasteiger partial charge in [0, 0.05) is 5.38 Å². The number of thiazole rings is 1. The van der Waals surface area contributed by atoms with Gasteiger partial charge in [-0.25, -0.2) is 4.98 Å². The Hall–Kier alpha value is -0.350. The fraction of sp³-hybridized carbons (Fsp3) is 0.200. The molecular formula is C5H5NOS2. The summed E-state index contributed by atoms with van der Waals surface area (Å²) in [6.07, 6.45) is 0.340. The Balaban J connectivity index is 2.58. The summed E-state index contributed by atoms with van der Waals surface area (Å²) < 4.78 is 0. The van der Waals surface area contributed by atoms with Crippen LogP contribution in [-0.4, -0.2) is 10.1 Å². The van der Waals surface area contributed by atoms with Crippen molar-refractivity contribution in [3.05, 3.63) is 16.6 Å². The average Bonchev–Trinajstić information content (AvgIpc) is 2.15. The molecule has 0 fully saturated rings. The molecule has 0 unspecified atom stereocenters. The van der Waals surface area contributed by atoms with Crippen molar-refractivity contribution in [2.45, 2.75) is 6.42 Å². The van der Waals surface area contributed by atoms with Gasteiger partial charge in [-0.05, 0) is 0 Å². The highest BCUT2D eigenvalue weighted by Crippen LogP contribution is 2.02. The van der Waals surface area contributed by atoms with Crippen LogP contribution in [-0.2, 0) is 11.2 Å². The standard InChI is InChI=1S/C5H5NOS2/c7-5(8)1-4-2-9-3-6-4/h2-3H,1H2,(H,7,8). The summed E-state index contributed by atoms with van der Waals surface area (Å²) in [6, 6.07) is 0. The maximum Gasteiger partial charge on any atom is 0.191 e. The highest BCUT2D eigenvalue weighted by Gasteiger charge is 1.97. The van der Waals surface area contributed by atoms with Crippen molar-refractivity contribution < 1.29 is 4.79 Å². The van der Waals surface area contributed by atoms with Crippen molar-refractivity contribution in [1.82, 2.24) is 4.98 Å². The third kappa shape index (κ3) is 2.15. The first kappa shape index (κ1) is 6.77. The van der Waals surface area contributed by atoms with Crippen LogP contribution in [0.5, 0.6) is 0 Å². The molecule has 0 aliphatic heterocycles. The number of hydrogen-bond acceptors (Lipinski definition) is 3. The second-order valence-corrected chi connectivity index (χ2v) is 2.77. The van der Waals surface area contributed by atoms with Gasteiger partial charge in [-0.3, -0.25) is 4.79 Å². The zero-order valence-corrected chi connectivity index (χ0v) is 6.28. The van der Waals surface area contributed by atoms with Crippen molar-refractivity contribution in [2.75, 3.05) is 0 Å². The largest absolute Gasteiger partial charge is 0.287 e. The summed E-state index contributed by atoms with van der Waals surface area (Å²) in [5, 5.41) is 1.70. The highest BCUT2D eigenvalue weighted by atomic mass is 32.1. The summed E-state index contributed by atoms with van der Waals surface area (Å²) in [5.41, 5.74) is 2.51. The van der Waals surface area contributed by atoms with Crippen molar-refractivity contribution in [3.63, 3.8) is 0 Å². The van der Waals surface area contributed by atoms with E-state index in [1.54, 1.807) is 5.51 Å². The molecule has 0 N–H and O–H groups in total. The van der Waals surface area contributed by atoms with E-state index in [2.05, 4.69) is 17.6 Å². The lowest BCUT2D eigenvalue weighted by atomic mass is 10.4. The van der Waals surface area contributed by atoms with Gasteiger partial charge in [0.1, 0.15) is 0 Å². The monoisotopic (exact) mass is 159 g/mol. The van der Waals surface area contributed by atoms with Gasteiger partial charge in [0.25, 0.3) is 0 Å². The number of carbonyl (C=O) groups excluding carboxylic acids is 1. The lowest BCUT2D eigenvalue weighted by molar-refractivity contribution is -0.110. The van der Waals surface area contributed by atoms with Gasteiger partial charge >= 0.3 is 0 Å². The Morgan fingerprint density at radius 3 is 3.11 bits per heavy atom. The van der Waals surface area contributed by atoms with Gasteiger partial charge in [0.15, 0.2) is 5.12 Å². The molecule has 1 aromatic rings. The van der Waals surface area contributed by atoms with Crippen molar-refractivity contribution in [3.8, 4) is 0 Å². The molecule has 48 valence electrons. The molecule has 9 heavy (non-hydrogen) atoms. The number of rotatable bonds is 2. The molecule has 0 aliphatic carbocycles. The number of aromatic nitrogens is 1. The molecule has 1 heterocycles. The minimum atomic E-state index is -0.138. The van der Waals surface area contributed by atoms with Crippen LogP contribution in [0.25, 0.3) is 0 Å². The van der Waals surface area contributed by atoms with Gasteiger partial charge in [-0.15, -0.1) is 24.0 Å². The molecule has 0 bridgehead atoms. The van der Waals surface area contributed by atoms with Crippen LogP contribution in [0, 0.1) is 0 Å². The van der Waals surface area contributed by atoms with E-state index >= 15 is 0 Å². The normalized spacial score (nSPS) is 9.44. The number of nitrogens with zero attached hydrogens (tertiary/aromatic N) is 1. The third-order valence-corrected chi connectivity index (χ3v) is 1.61. The second kappa shape index (κ2) is 2.98. The molecule has 1 aromatic heterocycles. The third-order valence-electron chi connectivity index (χ3n) is 0.816. The van der Waals surface area contributed by atoms with Crippen molar-refractivity contribution >= 4 is 29.1 Å². The van der Waals surface area contributed by atoms with E-state index in [1.165, 1.54) is 11.3 Å². The Labute approximate surface area is 62.3 Å². The van der Waals surface area contributed by atoms with Gasteiger partial charge < -0.3 is 0 Å². The quantitative estimate of drug-likeness (QED) is 0.656. The highest BCUT2D eigenvalue weighted by molar-refractivity contribution is 7.96. The minimum Gasteiger partial charge on any atom is -0.287 e. The number of thiol groups is 1. The molecule has 0 aliphatic rings. The fourth-order valence-electron chi connectivity index (χ4n) is 0.480. The molecule has 0 amide bonds. The lowest BCUT2D eigenvalue weighted by Gasteiger charge is -1.84. The van der Waals surface area contributed by atoms with E-state index in [4.69, 9.17) is 0 Å². The molecule has 0 radical (unpaired) electrons. The molecule has 0 aromatic carbocycles. The molecule has 2 nitrogen and oxygen atoms in total. The summed E-state index contributed by atoms with van der Waals surface area (Å²) >= 11 is 5.09. The molecular weight excluding hydrogens is 154 g/mol. The van der Waals surface area contributed by atoms with E-state index in [0.717, 1.165) is 5.69 Å². The van der Waals surface area contributed by atoms with Crippen molar-refractivity contribution in [2.24, 2.45) is 0 Å². The first-order chi connectivity index (χ1) is 4.29. The summed E-state index contributed by atoms with van der Waals surface area (Å²) in [4.78, 5) is 14.2. The Morgan fingerprint density at radius 1 is 1.89 bits per heavy atom. The van der Waals surface area contributed by atoms with Crippen LogP contribution in [0.15, 0.2) is 10.9 Å². The maximum atomic E-state index is 10.3. The first-order valence-electron chi connectivity index (χ1n) is 2.38. The zero-order valence-electron chi connectivity index (χ0n) is 4.57. The van der Waals surface area contributed by atoms with Gasteiger partial charge in [0.2, 0.25) is 0 Å². The predicted octanol–water partition coefficient (Wildman–Crippen LogP) is 1.14. The van der Waals surface area contributed by atoms with Crippen LogP contribution in [0.2, 0.25) is 0 Å². The first-order valence-corrected chi connectivity index (χ1v) is 3.77.